The van der Waals surface area contributed by atoms with Crippen LogP contribution in [0.5, 0.6) is 0 Å². The molecule has 12 aromatic rings. The van der Waals surface area contributed by atoms with Crippen molar-refractivity contribution in [3.63, 3.8) is 0 Å². The van der Waals surface area contributed by atoms with Gasteiger partial charge in [0.1, 0.15) is 33.0 Å². The molecule has 3 aliphatic rings. The maximum Gasteiger partial charge on any atom is -0.0134 e. The van der Waals surface area contributed by atoms with E-state index in [1.165, 1.54) is 73.7 Å². The number of terminal acetylenes is 1. The summed E-state index contributed by atoms with van der Waals surface area (Å²) in [6.07, 6.45) is 10.7. The molecule has 638 valence electrons. The van der Waals surface area contributed by atoms with Gasteiger partial charge in [-0.1, -0.05) is 243 Å². The van der Waals surface area contributed by atoms with Crippen LogP contribution in [-0.4, -0.2) is 110 Å². The van der Waals surface area contributed by atoms with Crippen molar-refractivity contribution >= 4 is 206 Å². The zero-order valence-electron chi connectivity index (χ0n) is 71.1. The topological polar surface area (TPSA) is 138 Å². The van der Waals surface area contributed by atoms with E-state index in [1.807, 2.05) is 62.3 Å². The molecule has 6 heterocycles. The standard InChI is InChI=1S/C21H28N2O2Si.2C18H15P.C16H19BrN2O2.C16H19IN2O2.C5H10Si.C2Cl2O2.2ClH.Pd/c1-21(2,3)25-20(24)23-11-10-22-9-7-17-13-16(8-12-26(4,5)6)14-18(15-23)19(17)22;2*1-4-10-16(11-5-1)19(17-12-6-2-7-13-17)18-14-8-3-9-15-18;2*1-16(2,3)21-15(20)19-7-6-18-5-4-11-8-13(17)9-12(10-19)14(11)18;1-5-6(2,3)4;3-1(5)2(4)6;;;/h7,9,13-14H,10-11,15H2,1-6H3;2*1-15H;2*4-5,8-9H,6-7,10H2,1-3H3;1H,2-4H3;;2*1H;/q;;;;;;;;;+2/p-2. The second-order valence-corrected chi connectivity index (χ2v) is 52.7. The van der Waals surface area contributed by atoms with Crippen LogP contribution in [0, 0.1) is 27.0 Å². The zero-order chi connectivity index (χ0) is 88.4. The molecular weight excluding hydrogens is 1940 g/mol. The Morgan fingerprint density at radius 2 is 0.678 bits per heavy atom. The van der Waals surface area contributed by atoms with E-state index < -0.39 is 59.3 Å². The van der Waals surface area contributed by atoms with Gasteiger partial charge in [-0.25, -0.2) is 14.4 Å². The molecule has 0 fully saturated rings. The molecule has 9 aromatic carbocycles. The van der Waals surface area contributed by atoms with Gasteiger partial charge in [-0.2, -0.15) is 0 Å². The maximum atomic E-state index is 12.6. The molecule has 0 atom stereocenters. The Balaban J connectivity index is 0.000000181. The van der Waals surface area contributed by atoms with E-state index in [0.717, 1.165) is 40.8 Å². The number of halogens is 6. The first kappa shape index (κ1) is 98.6. The fourth-order valence-electron chi connectivity index (χ4n) is 12.8. The number of hydrogen-bond acceptors (Lipinski definition) is 8. The van der Waals surface area contributed by atoms with Crippen LogP contribution in [0.25, 0.3) is 32.7 Å². The smallest absolute Gasteiger partial charge is 0.0134 e. The minimum atomic E-state index is -1.43. The van der Waals surface area contributed by atoms with Gasteiger partial charge >= 0.3 is 63.8 Å². The number of benzene rings is 9. The van der Waals surface area contributed by atoms with Gasteiger partial charge in [0.25, 0.3) is 0 Å². The summed E-state index contributed by atoms with van der Waals surface area (Å²) in [6, 6.07) is 83.9. The third-order valence-electron chi connectivity index (χ3n) is 17.9. The summed E-state index contributed by atoms with van der Waals surface area (Å²) in [7, 11) is 6.20. The monoisotopic (exact) mass is 2040 g/mol. The molecular formula is C96H106BrCl4IN6O8P2PdSi2. The number of ether oxygens (including phenoxy) is 3. The predicted octanol–water partition coefficient (Wildman–Crippen LogP) is 23.1. The SMILES string of the molecule is C#C[Si](C)(C)C.CC(C)(C)OC(=O)N1CCn2ccc3cc(Br)cc(c32)C1.CC(C)(C)OC(=O)N1CCn2ccc3cc(C#C[Si](C)(C)C)cc(c32)C1.CC(C)(C)OC(=O)N1CCn2ccc3cc(I)cc(c32)C1.O=C(Cl)C(=O)Cl.[Cl][Pd][Cl].c1ccc(P(c2ccccc2)c2ccccc2)cc1.c1ccc(P(c2ccccc2)c2ccccc2)cc1. The maximum absolute atomic E-state index is 12.6. The number of rotatable bonds is 7. The van der Waals surface area contributed by atoms with E-state index in [4.69, 9.17) is 39.7 Å². The van der Waals surface area contributed by atoms with Crippen LogP contribution >= 0.6 is 96.6 Å². The van der Waals surface area contributed by atoms with Crippen LogP contribution < -0.4 is 31.8 Å². The summed E-state index contributed by atoms with van der Waals surface area (Å²) in [4.78, 5) is 61.5. The summed E-state index contributed by atoms with van der Waals surface area (Å²) in [5.41, 5.74) is 12.9. The number of amides is 3. The quantitative estimate of drug-likeness (QED) is 0.0292. The van der Waals surface area contributed by atoms with E-state index in [-0.39, 0.29) is 34.2 Å². The molecule has 14 nitrogen and oxygen atoms in total. The molecule has 0 bridgehead atoms. The summed E-state index contributed by atoms with van der Waals surface area (Å²) < 4.78 is 25.5. The number of aromatic nitrogens is 3. The molecule has 0 unspecified atom stereocenters. The predicted molar refractivity (Wildman–Crippen MR) is 522 cm³/mol. The van der Waals surface area contributed by atoms with Gasteiger partial charge in [0.15, 0.2) is 0 Å². The van der Waals surface area contributed by atoms with Crippen LogP contribution in [0.3, 0.4) is 0 Å². The Hall–Kier alpha value is -7.80. The Labute approximate surface area is 767 Å². The van der Waals surface area contributed by atoms with Crippen LogP contribution in [-0.2, 0) is 79.0 Å². The summed E-state index contributed by atoms with van der Waals surface area (Å²) in [5, 5.41) is 9.73. The minimum absolute atomic E-state index is 0.106. The van der Waals surface area contributed by atoms with Crippen molar-refractivity contribution in [1.82, 2.24) is 28.4 Å². The number of hydrogen-bond donors (Lipinski definition) is 0. The summed E-state index contributed by atoms with van der Waals surface area (Å²) in [5.74, 6) is 3.36. The van der Waals surface area contributed by atoms with E-state index in [0.29, 0.717) is 39.3 Å². The Bertz CT molecular complexity index is 5100. The number of carbonyl (C=O) groups is 5. The molecule has 25 heteroatoms. The van der Waals surface area contributed by atoms with Crippen molar-refractivity contribution < 1.29 is 54.1 Å². The van der Waals surface area contributed by atoms with Crippen LogP contribution in [0.15, 0.2) is 260 Å². The van der Waals surface area contributed by atoms with Crippen LogP contribution in [0.1, 0.15) is 84.6 Å². The Morgan fingerprint density at radius 3 is 0.942 bits per heavy atom. The first-order chi connectivity index (χ1) is 57.2. The van der Waals surface area contributed by atoms with Gasteiger partial charge in [0.05, 0.1) is 36.2 Å². The van der Waals surface area contributed by atoms with Crippen molar-refractivity contribution in [1.29, 1.82) is 0 Å². The molecule has 3 aliphatic heterocycles. The van der Waals surface area contributed by atoms with Gasteiger partial charge < -0.3 is 42.6 Å². The van der Waals surface area contributed by atoms with E-state index in [2.05, 4.69) is 387 Å². The number of carbonyl (C=O) groups excluding carboxylic acids is 5. The van der Waals surface area contributed by atoms with Crippen molar-refractivity contribution in [3.05, 3.63) is 285 Å². The van der Waals surface area contributed by atoms with Crippen molar-refractivity contribution in [3.8, 4) is 23.4 Å². The third-order valence-corrected chi connectivity index (χ3v) is 26.0. The minimum Gasteiger partial charge on any atom is -0.0622 e. The Morgan fingerprint density at radius 1 is 0.413 bits per heavy atom. The fourth-order valence-corrected chi connectivity index (χ4v) is 19.2. The van der Waals surface area contributed by atoms with Gasteiger partial charge in [0.2, 0.25) is 0 Å². The van der Waals surface area contributed by atoms with Crippen molar-refractivity contribution in [2.75, 3.05) is 19.6 Å². The molecule has 0 aliphatic carbocycles. The molecule has 0 radical (unpaired) electrons. The van der Waals surface area contributed by atoms with Crippen molar-refractivity contribution in [2.45, 2.75) is 158 Å². The Kier molecular flexibility index (Phi) is 37.7. The van der Waals surface area contributed by atoms with Gasteiger partial charge in [-0.05, 0) is 227 Å². The zero-order valence-corrected chi connectivity index (χ0v) is 83.2. The fraction of sp³-hybridized carbons (Fsp3) is 0.281. The average Bonchev–Trinajstić information content (AvgIpc) is 1.63. The largest absolute Gasteiger partial charge is 0.0622 e. The first-order valence-electron chi connectivity index (χ1n) is 39.4. The third kappa shape index (κ3) is 32.0. The molecule has 3 amide bonds. The molecule has 0 spiro atoms. The van der Waals surface area contributed by atoms with Gasteiger partial charge in [-0.3, -0.25) is 9.59 Å². The summed E-state index contributed by atoms with van der Waals surface area (Å²) >= 11 is 14.7. The molecule has 0 saturated heterocycles. The molecule has 15 rings (SSSR count). The van der Waals surface area contributed by atoms with E-state index in [1.54, 1.807) is 14.7 Å². The second-order valence-electron chi connectivity index (χ2n) is 33.5. The van der Waals surface area contributed by atoms with Crippen molar-refractivity contribution in [2.24, 2.45) is 0 Å². The van der Waals surface area contributed by atoms with E-state index >= 15 is 0 Å². The average molecular weight is 2050 g/mol. The van der Waals surface area contributed by atoms with Gasteiger partial charge in [0, 0.05) is 87.6 Å². The van der Waals surface area contributed by atoms with Gasteiger partial charge in [-0.15, -0.1) is 17.5 Å². The molecule has 3 aromatic heterocycles. The van der Waals surface area contributed by atoms with E-state index in [9.17, 15) is 24.0 Å². The molecule has 0 saturated carbocycles. The molecule has 121 heavy (non-hydrogen) atoms. The molecule has 0 N–H and O–H groups in total. The number of nitrogens with zero attached hydrogens (tertiary/aromatic N) is 6. The first-order valence-corrected chi connectivity index (χ1v) is 55.8. The van der Waals surface area contributed by atoms with Crippen LogP contribution in [0.4, 0.5) is 14.4 Å². The summed E-state index contributed by atoms with van der Waals surface area (Å²) in [6.45, 7) is 36.3. The normalized spacial score (nSPS) is 12.8. The van der Waals surface area contributed by atoms with Crippen LogP contribution in [0.2, 0.25) is 39.3 Å². The second kappa shape index (κ2) is 46.2.